The highest BCUT2D eigenvalue weighted by Crippen LogP contribution is 2.22. The quantitative estimate of drug-likeness (QED) is 0.765. The molecule has 140 valence electrons. The number of rotatable bonds is 7. The summed E-state index contributed by atoms with van der Waals surface area (Å²) in [5, 5.41) is 2.86. The van der Waals surface area contributed by atoms with Crippen molar-refractivity contribution in [1.29, 1.82) is 0 Å². The second kappa shape index (κ2) is 8.36. The highest BCUT2D eigenvalue weighted by atomic mass is 32.2. The molecule has 0 saturated carbocycles. The lowest BCUT2D eigenvalue weighted by molar-refractivity contribution is 0.0940. The van der Waals surface area contributed by atoms with E-state index >= 15 is 0 Å². The molecular weight excluding hydrogens is 348 g/mol. The van der Waals surface area contributed by atoms with Crippen LogP contribution in [0.15, 0.2) is 53.4 Å². The van der Waals surface area contributed by atoms with Gasteiger partial charge in [-0.25, -0.2) is 8.42 Å². The number of para-hydroxylation sites is 1. The minimum Gasteiger partial charge on any atom is -0.350 e. The van der Waals surface area contributed by atoms with Gasteiger partial charge in [-0.1, -0.05) is 45.0 Å². The van der Waals surface area contributed by atoms with E-state index in [1.807, 2.05) is 27.7 Å². The molecule has 0 bridgehead atoms. The van der Waals surface area contributed by atoms with Gasteiger partial charge in [0, 0.05) is 6.04 Å². The SMILES string of the molecule is CC[C@H](C)NC(=O)c1ccccc1NS(=O)(=O)c1ccc(C(C)C)cc1. The van der Waals surface area contributed by atoms with E-state index in [1.165, 1.54) is 0 Å². The first-order valence-electron chi connectivity index (χ1n) is 8.77. The minimum absolute atomic E-state index is 0.00995. The van der Waals surface area contributed by atoms with E-state index in [2.05, 4.69) is 10.0 Å². The van der Waals surface area contributed by atoms with Crippen molar-refractivity contribution in [3.8, 4) is 0 Å². The lowest BCUT2D eigenvalue weighted by Crippen LogP contribution is -2.32. The average Bonchev–Trinajstić information content (AvgIpc) is 2.61. The summed E-state index contributed by atoms with van der Waals surface area (Å²) >= 11 is 0. The van der Waals surface area contributed by atoms with Crippen molar-refractivity contribution in [3.63, 3.8) is 0 Å². The first kappa shape index (κ1) is 20.0. The minimum atomic E-state index is -3.78. The Morgan fingerprint density at radius 2 is 1.62 bits per heavy atom. The predicted octanol–water partition coefficient (Wildman–Crippen LogP) is 4.14. The Morgan fingerprint density at radius 1 is 1.00 bits per heavy atom. The first-order valence-corrected chi connectivity index (χ1v) is 10.3. The van der Waals surface area contributed by atoms with Crippen molar-refractivity contribution in [3.05, 3.63) is 59.7 Å². The smallest absolute Gasteiger partial charge is 0.261 e. The standard InChI is InChI=1S/C20H26N2O3S/c1-5-15(4)21-20(23)18-8-6-7-9-19(18)22-26(24,25)17-12-10-16(11-13-17)14(2)3/h6-15,22H,5H2,1-4H3,(H,21,23)/t15-/m0/s1. The highest BCUT2D eigenvalue weighted by Gasteiger charge is 2.19. The van der Waals surface area contributed by atoms with Crippen molar-refractivity contribution < 1.29 is 13.2 Å². The molecule has 0 heterocycles. The summed E-state index contributed by atoms with van der Waals surface area (Å²) in [7, 11) is -3.78. The third-order valence-electron chi connectivity index (χ3n) is 4.26. The third-order valence-corrected chi connectivity index (χ3v) is 5.64. The van der Waals surface area contributed by atoms with E-state index in [4.69, 9.17) is 0 Å². The zero-order chi connectivity index (χ0) is 19.3. The maximum absolute atomic E-state index is 12.7. The molecule has 0 unspecified atom stereocenters. The van der Waals surface area contributed by atoms with Crippen LogP contribution in [0, 0.1) is 0 Å². The molecule has 2 N–H and O–H groups in total. The summed E-state index contributed by atoms with van der Waals surface area (Å²) in [5.74, 6) is 0.0255. The molecule has 0 radical (unpaired) electrons. The third kappa shape index (κ3) is 4.85. The molecule has 2 aromatic rings. The number of hydrogen-bond acceptors (Lipinski definition) is 3. The Bertz CT molecular complexity index is 859. The molecule has 2 aromatic carbocycles. The van der Waals surface area contributed by atoms with Crippen LogP contribution < -0.4 is 10.0 Å². The number of amides is 1. The number of carbonyl (C=O) groups is 1. The van der Waals surface area contributed by atoms with Crippen LogP contribution in [0.4, 0.5) is 5.69 Å². The second-order valence-electron chi connectivity index (χ2n) is 6.66. The molecule has 1 amide bonds. The molecule has 26 heavy (non-hydrogen) atoms. The largest absolute Gasteiger partial charge is 0.350 e. The lowest BCUT2D eigenvalue weighted by Gasteiger charge is -2.15. The van der Waals surface area contributed by atoms with Crippen LogP contribution >= 0.6 is 0 Å². The number of hydrogen-bond donors (Lipinski definition) is 2. The Balaban J connectivity index is 2.28. The van der Waals surface area contributed by atoms with Crippen molar-refractivity contribution in [2.75, 3.05) is 4.72 Å². The van der Waals surface area contributed by atoms with Gasteiger partial charge >= 0.3 is 0 Å². The van der Waals surface area contributed by atoms with Gasteiger partial charge in [-0.05, 0) is 49.1 Å². The van der Waals surface area contributed by atoms with Gasteiger partial charge in [0.05, 0.1) is 16.1 Å². The molecule has 0 aliphatic carbocycles. The van der Waals surface area contributed by atoms with Crippen LogP contribution in [-0.4, -0.2) is 20.4 Å². The molecule has 6 heteroatoms. The monoisotopic (exact) mass is 374 g/mol. The zero-order valence-electron chi connectivity index (χ0n) is 15.6. The van der Waals surface area contributed by atoms with Gasteiger partial charge in [0.15, 0.2) is 0 Å². The van der Waals surface area contributed by atoms with Gasteiger partial charge < -0.3 is 5.32 Å². The van der Waals surface area contributed by atoms with Crippen molar-refractivity contribution >= 4 is 21.6 Å². The van der Waals surface area contributed by atoms with Crippen molar-refractivity contribution in [2.24, 2.45) is 0 Å². The number of carbonyl (C=O) groups excluding carboxylic acids is 1. The fourth-order valence-corrected chi connectivity index (χ4v) is 3.49. The molecule has 0 aliphatic heterocycles. The summed E-state index contributed by atoms with van der Waals surface area (Å²) in [6, 6.07) is 13.4. The maximum atomic E-state index is 12.7. The van der Waals surface area contributed by atoms with Gasteiger partial charge in [0.25, 0.3) is 15.9 Å². The topological polar surface area (TPSA) is 75.3 Å². The van der Waals surface area contributed by atoms with E-state index in [9.17, 15) is 13.2 Å². The van der Waals surface area contributed by atoms with Gasteiger partial charge in [-0.2, -0.15) is 0 Å². The highest BCUT2D eigenvalue weighted by molar-refractivity contribution is 7.92. The summed E-state index contributed by atoms with van der Waals surface area (Å²) in [5.41, 5.74) is 1.63. The molecule has 5 nitrogen and oxygen atoms in total. The molecule has 1 atom stereocenters. The Labute approximate surface area is 155 Å². The number of anilines is 1. The fourth-order valence-electron chi connectivity index (χ4n) is 2.41. The normalized spacial score (nSPS) is 12.7. The van der Waals surface area contributed by atoms with E-state index < -0.39 is 10.0 Å². The summed E-state index contributed by atoms with van der Waals surface area (Å²) in [6.07, 6.45) is 0.793. The molecule has 2 rings (SSSR count). The van der Waals surface area contributed by atoms with Crippen LogP contribution in [0.2, 0.25) is 0 Å². The van der Waals surface area contributed by atoms with E-state index in [0.717, 1.165) is 12.0 Å². The Kier molecular flexibility index (Phi) is 6.42. The summed E-state index contributed by atoms with van der Waals surface area (Å²) < 4.78 is 27.9. The summed E-state index contributed by atoms with van der Waals surface area (Å²) in [6.45, 7) is 7.98. The van der Waals surface area contributed by atoms with Crippen LogP contribution in [0.5, 0.6) is 0 Å². The van der Waals surface area contributed by atoms with Gasteiger partial charge in [-0.15, -0.1) is 0 Å². The van der Waals surface area contributed by atoms with Gasteiger partial charge in [-0.3, -0.25) is 9.52 Å². The Hall–Kier alpha value is -2.34. The van der Waals surface area contributed by atoms with E-state index in [-0.39, 0.29) is 22.5 Å². The lowest BCUT2D eigenvalue weighted by atomic mass is 10.0. The van der Waals surface area contributed by atoms with Gasteiger partial charge in [0.2, 0.25) is 0 Å². The zero-order valence-corrected chi connectivity index (χ0v) is 16.4. The maximum Gasteiger partial charge on any atom is 0.261 e. The predicted molar refractivity (Wildman–Crippen MR) is 105 cm³/mol. The van der Waals surface area contributed by atoms with Crippen LogP contribution in [-0.2, 0) is 10.0 Å². The average molecular weight is 375 g/mol. The molecule has 0 spiro atoms. The van der Waals surface area contributed by atoms with E-state index in [0.29, 0.717) is 11.5 Å². The number of nitrogens with one attached hydrogen (secondary N) is 2. The van der Waals surface area contributed by atoms with Crippen molar-refractivity contribution in [2.45, 2.75) is 51.0 Å². The Morgan fingerprint density at radius 3 is 2.19 bits per heavy atom. The summed E-state index contributed by atoms with van der Waals surface area (Å²) in [4.78, 5) is 12.6. The first-order chi connectivity index (χ1) is 12.2. The number of sulfonamides is 1. The van der Waals surface area contributed by atoms with E-state index in [1.54, 1.807) is 48.5 Å². The molecular formula is C20H26N2O3S. The van der Waals surface area contributed by atoms with Crippen LogP contribution in [0.1, 0.15) is 56.0 Å². The van der Waals surface area contributed by atoms with Crippen LogP contribution in [0.25, 0.3) is 0 Å². The number of benzene rings is 2. The van der Waals surface area contributed by atoms with Gasteiger partial charge in [0.1, 0.15) is 0 Å². The van der Waals surface area contributed by atoms with Crippen LogP contribution in [0.3, 0.4) is 0 Å². The molecule has 0 fully saturated rings. The van der Waals surface area contributed by atoms with Crippen molar-refractivity contribution in [1.82, 2.24) is 5.32 Å². The molecule has 0 saturated heterocycles. The molecule has 0 aromatic heterocycles. The molecule has 0 aliphatic rings. The second-order valence-corrected chi connectivity index (χ2v) is 8.34. The fraction of sp³-hybridized carbons (Fsp3) is 0.350.